The van der Waals surface area contributed by atoms with Crippen LogP contribution in [-0.4, -0.2) is 23.1 Å². The van der Waals surface area contributed by atoms with E-state index in [1.165, 1.54) is 57.8 Å². The van der Waals surface area contributed by atoms with Crippen LogP contribution in [0.2, 0.25) is 0 Å². The molecular weight excluding hydrogens is 448 g/mol. The molecule has 4 nitrogen and oxygen atoms in total. The van der Waals surface area contributed by atoms with Gasteiger partial charge in [0, 0.05) is 5.41 Å². The summed E-state index contributed by atoms with van der Waals surface area (Å²) in [5, 5.41) is 9.47. The van der Waals surface area contributed by atoms with Crippen molar-refractivity contribution in [3.05, 3.63) is 0 Å². The van der Waals surface area contributed by atoms with Crippen LogP contribution in [0.5, 0.6) is 0 Å². The summed E-state index contributed by atoms with van der Waals surface area (Å²) in [7, 11) is 0. The van der Waals surface area contributed by atoms with Crippen LogP contribution in [0.1, 0.15) is 126 Å². The first kappa shape index (κ1) is 26.5. The highest BCUT2D eigenvalue weighted by Crippen LogP contribution is 2.75. The normalized spacial score (nSPS) is 47.6. The monoisotopic (exact) mass is 500 g/mol. The molecule has 0 amide bonds. The Morgan fingerprint density at radius 3 is 2.22 bits per heavy atom. The largest absolute Gasteiger partial charge is 0.481 e. The van der Waals surface area contributed by atoms with E-state index in [0.29, 0.717) is 16.7 Å². The molecule has 5 rings (SSSR count). The van der Waals surface area contributed by atoms with Gasteiger partial charge in [0.15, 0.2) is 0 Å². The van der Waals surface area contributed by atoms with E-state index in [2.05, 4.69) is 34.6 Å². The average molecular weight is 501 g/mol. The van der Waals surface area contributed by atoms with Crippen molar-refractivity contribution < 1.29 is 19.4 Å². The van der Waals surface area contributed by atoms with Crippen LogP contribution < -0.4 is 0 Å². The lowest BCUT2D eigenvalue weighted by atomic mass is 9.33. The molecule has 5 aliphatic carbocycles. The quantitative estimate of drug-likeness (QED) is 0.399. The highest BCUT2D eigenvalue weighted by Gasteiger charge is 2.68. The topological polar surface area (TPSA) is 63.6 Å². The number of ether oxygens (including phenoxy) is 1. The number of aliphatic carboxylic acids is 1. The fourth-order valence-corrected chi connectivity index (χ4v) is 11.4. The number of esters is 1. The van der Waals surface area contributed by atoms with E-state index in [-0.39, 0.29) is 29.3 Å². The van der Waals surface area contributed by atoms with Gasteiger partial charge in [-0.25, -0.2) is 0 Å². The summed E-state index contributed by atoms with van der Waals surface area (Å²) in [6, 6.07) is 0. The van der Waals surface area contributed by atoms with Crippen LogP contribution in [0.25, 0.3) is 0 Å². The third-order valence-corrected chi connectivity index (χ3v) is 13.6. The first-order valence-electron chi connectivity index (χ1n) is 15.1. The van der Waals surface area contributed by atoms with Gasteiger partial charge in [-0.2, -0.15) is 0 Å². The number of fused-ring (bicyclic) bond motifs is 7. The van der Waals surface area contributed by atoms with Crippen LogP contribution in [0.4, 0.5) is 0 Å². The lowest BCUT2D eigenvalue weighted by Gasteiger charge is -2.72. The molecular formula is C32H52O4. The highest BCUT2D eigenvalue weighted by atomic mass is 16.5. The lowest BCUT2D eigenvalue weighted by Crippen LogP contribution is -2.65. The molecule has 0 saturated heterocycles. The van der Waals surface area contributed by atoms with Crippen LogP contribution in [0.3, 0.4) is 0 Å². The van der Waals surface area contributed by atoms with Gasteiger partial charge < -0.3 is 9.84 Å². The minimum absolute atomic E-state index is 0.0700. The average Bonchev–Trinajstić information content (AvgIpc) is 3.24. The Morgan fingerprint density at radius 2 is 1.53 bits per heavy atom. The molecule has 5 unspecified atom stereocenters. The molecule has 204 valence electrons. The molecule has 0 spiro atoms. The van der Waals surface area contributed by atoms with E-state index in [9.17, 15) is 14.7 Å². The van der Waals surface area contributed by atoms with E-state index >= 15 is 0 Å². The molecule has 9 atom stereocenters. The fraction of sp³-hybridized carbons (Fsp3) is 0.938. The Bertz CT molecular complexity index is 906. The van der Waals surface area contributed by atoms with Crippen molar-refractivity contribution in [1.82, 2.24) is 0 Å². The van der Waals surface area contributed by atoms with Gasteiger partial charge in [0.1, 0.15) is 6.10 Å². The summed E-state index contributed by atoms with van der Waals surface area (Å²) in [5.74, 6) is 2.88. The maximum absolute atomic E-state index is 12.8. The molecule has 0 bridgehead atoms. The number of carboxylic acid groups (broad SMARTS) is 1. The third kappa shape index (κ3) is 3.65. The van der Waals surface area contributed by atoms with Gasteiger partial charge in [0.25, 0.3) is 0 Å². The van der Waals surface area contributed by atoms with Crippen molar-refractivity contribution in [2.24, 2.45) is 56.7 Å². The summed E-state index contributed by atoms with van der Waals surface area (Å²) in [5.41, 5.74) is -0.0486. The van der Waals surface area contributed by atoms with Crippen molar-refractivity contribution in [3.8, 4) is 0 Å². The third-order valence-electron chi connectivity index (χ3n) is 13.6. The number of carbonyl (C=O) groups excluding carboxylic acids is 1. The molecule has 1 N–H and O–H groups in total. The minimum atomic E-state index is -1.09. The molecule has 5 saturated carbocycles. The summed E-state index contributed by atoms with van der Waals surface area (Å²) < 4.78 is 6.10. The molecule has 0 aromatic rings. The van der Waals surface area contributed by atoms with Crippen molar-refractivity contribution in [2.75, 3.05) is 0 Å². The Labute approximate surface area is 219 Å². The van der Waals surface area contributed by atoms with E-state index in [1.807, 2.05) is 0 Å². The number of carbonyl (C=O) groups is 2. The number of hydrogen-bond acceptors (Lipinski definition) is 3. The lowest BCUT2D eigenvalue weighted by molar-refractivity contribution is -0.243. The first-order valence-corrected chi connectivity index (χ1v) is 15.1. The van der Waals surface area contributed by atoms with Crippen LogP contribution >= 0.6 is 0 Å². The van der Waals surface area contributed by atoms with Crippen molar-refractivity contribution in [1.29, 1.82) is 0 Å². The zero-order chi connectivity index (χ0) is 26.3. The standard InChI is InChI=1S/C32H52O4/c1-28(2,27(34)35)19-26(33)36-25-15-16-30(5)23(29(25,3)4)14-18-32(7)24(30)12-11-22-21-10-8-9-20(21)13-17-31(22,32)6/h20-25H,8-19H2,1-7H3,(H,34,35)/t20?,21?,22?,23?,24?,25-,30-,31+,32+/m0/s1. The summed E-state index contributed by atoms with van der Waals surface area (Å²) >= 11 is 0. The molecule has 0 aliphatic heterocycles. The highest BCUT2D eigenvalue weighted by molar-refractivity contribution is 5.81. The van der Waals surface area contributed by atoms with Gasteiger partial charge in [0.05, 0.1) is 11.8 Å². The first-order chi connectivity index (χ1) is 16.7. The van der Waals surface area contributed by atoms with Gasteiger partial charge >= 0.3 is 11.9 Å². The molecule has 0 heterocycles. The predicted octanol–water partition coefficient (Wildman–Crippen LogP) is 7.88. The van der Waals surface area contributed by atoms with Gasteiger partial charge in [-0.05, 0) is 117 Å². The van der Waals surface area contributed by atoms with Crippen LogP contribution in [0, 0.1) is 56.7 Å². The van der Waals surface area contributed by atoms with Crippen molar-refractivity contribution >= 4 is 11.9 Å². The summed E-state index contributed by atoms with van der Waals surface area (Å²) in [6.07, 6.45) is 14.4. The molecule has 0 aromatic heterocycles. The van der Waals surface area contributed by atoms with Gasteiger partial charge in [0.2, 0.25) is 0 Å². The maximum Gasteiger partial charge on any atom is 0.309 e. The Balaban J connectivity index is 1.37. The Kier molecular flexibility index (Phi) is 6.24. The van der Waals surface area contributed by atoms with Gasteiger partial charge in [-0.3, -0.25) is 9.59 Å². The zero-order valence-electron chi connectivity index (χ0n) is 24.1. The van der Waals surface area contributed by atoms with E-state index in [0.717, 1.165) is 36.5 Å². The fourth-order valence-electron chi connectivity index (χ4n) is 11.4. The number of rotatable bonds is 4. The van der Waals surface area contributed by atoms with E-state index in [4.69, 9.17) is 4.74 Å². The van der Waals surface area contributed by atoms with Crippen molar-refractivity contribution in [3.63, 3.8) is 0 Å². The Morgan fingerprint density at radius 1 is 0.833 bits per heavy atom. The maximum atomic E-state index is 12.8. The summed E-state index contributed by atoms with van der Waals surface area (Å²) in [4.78, 5) is 24.4. The van der Waals surface area contributed by atoms with Crippen LogP contribution in [-0.2, 0) is 14.3 Å². The van der Waals surface area contributed by atoms with E-state index in [1.54, 1.807) is 13.8 Å². The molecule has 0 radical (unpaired) electrons. The second-order valence-electron chi connectivity index (χ2n) is 15.8. The zero-order valence-corrected chi connectivity index (χ0v) is 24.1. The number of hydrogen-bond donors (Lipinski definition) is 1. The molecule has 4 heteroatoms. The smallest absolute Gasteiger partial charge is 0.309 e. The minimum Gasteiger partial charge on any atom is -0.481 e. The van der Waals surface area contributed by atoms with Crippen LogP contribution in [0.15, 0.2) is 0 Å². The van der Waals surface area contributed by atoms with Crippen molar-refractivity contribution in [2.45, 2.75) is 132 Å². The molecule has 36 heavy (non-hydrogen) atoms. The summed E-state index contributed by atoms with van der Waals surface area (Å²) in [6.45, 7) is 15.9. The van der Waals surface area contributed by atoms with E-state index < -0.39 is 11.4 Å². The second-order valence-corrected chi connectivity index (χ2v) is 15.8. The molecule has 5 aliphatic rings. The van der Waals surface area contributed by atoms with Gasteiger partial charge in [-0.1, -0.05) is 47.5 Å². The second kappa shape index (κ2) is 8.47. The molecule has 0 aromatic carbocycles. The Hall–Kier alpha value is -1.06. The predicted molar refractivity (Wildman–Crippen MR) is 142 cm³/mol. The molecule has 5 fully saturated rings. The number of carboxylic acids is 1. The van der Waals surface area contributed by atoms with Gasteiger partial charge in [-0.15, -0.1) is 0 Å². The SMILES string of the molecule is CC(C)(CC(=O)O[C@H]1CC[C@@]2(C)C(CC[C@]3(C)C2CCC2C4CCCC4CC[C@]23C)C1(C)C)C(=O)O.